The van der Waals surface area contributed by atoms with Gasteiger partial charge in [0.15, 0.2) is 23.7 Å². The van der Waals surface area contributed by atoms with E-state index in [9.17, 15) is 19.2 Å². The number of methoxy groups -OCH3 is 2. The Kier molecular flexibility index (Phi) is 6.78. The molecule has 0 aliphatic rings. The van der Waals surface area contributed by atoms with Crippen LogP contribution in [0.25, 0.3) is 11.1 Å². The lowest BCUT2D eigenvalue weighted by atomic mass is 10.2. The van der Waals surface area contributed by atoms with Gasteiger partial charge in [0.05, 0.1) is 19.7 Å². The van der Waals surface area contributed by atoms with Crippen molar-refractivity contribution in [2.45, 2.75) is 13.0 Å². The van der Waals surface area contributed by atoms with Crippen molar-refractivity contribution in [1.29, 1.82) is 0 Å². The van der Waals surface area contributed by atoms with Gasteiger partial charge >= 0.3 is 11.7 Å². The highest BCUT2D eigenvalue weighted by Gasteiger charge is 2.23. The first-order valence-electron chi connectivity index (χ1n) is 9.43. The van der Waals surface area contributed by atoms with Gasteiger partial charge in [0, 0.05) is 5.56 Å². The minimum atomic E-state index is -1.03. The summed E-state index contributed by atoms with van der Waals surface area (Å²) >= 11 is 0. The Morgan fingerprint density at radius 2 is 1.75 bits per heavy atom. The number of benzene rings is 2. The minimum Gasteiger partial charge on any atom is -0.493 e. The van der Waals surface area contributed by atoms with E-state index in [1.54, 1.807) is 30.3 Å². The second-order valence-electron chi connectivity index (χ2n) is 6.56. The van der Waals surface area contributed by atoms with E-state index < -0.39 is 36.2 Å². The number of hydrogen-bond donors (Lipinski definition) is 2. The lowest BCUT2D eigenvalue weighted by Gasteiger charge is -2.13. The first kappa shape index (κ1) is 22.4. The van der Waals surface area contributed by atoms with E-state index in [1.165, 1.54) is 33.3 Å². The highest BCUT2D eigenvalue weighted by Crippen LogP contribution is 2.27. The summed E-state index contributed by atoms with van der Waals surface area (Å²) in [5.74, 6) is -2.14. The number of oxazole rings is 1. The van der Waals surface area contributed by atoms with Crippen molar-refractivity contribution in [3.05, 3.63) is 58.6 Å². The summed E-state index contributed by atoms with van der Waals surface area (Å²) in [5, 5.41) is 0. The monoisotopic (exact) mass is 443 g/mol. The average Bonchev–Trinajstić information content (AvgIpc) is 3.15. The number of carbonyl (C=O) groups excluding carboxylic acids is 3. The van der Waals surface area contributed by atoms with Crippen molar-refractivity contribution < 1.29 is 33.0 Å². The molecule has 2 N–H and O–H groups in total. The van der Waals surface area contributed by atoms with Gasteiger partial charge in [-0.3, -0.25) is 25.0 Å². The molecule has 0 spiro atoms. The van der Waals surface area contributed by atoms with Crippen LogP contribution in [-0.4, -0.2) is 43.2 Å². The maximum Gasteiger partial charge on any atom is 0.420 e. The van der Waals surface area contributed by atoms with E-state index in [0.29, 0.717) is 22.6 Å². The average molecular weight is 443 g/mol. The van der Waals surface area contributed by atoms with Gasteiger partial charge in [-0.1, -0.05) is 12.1 Å². The summed E-state index contributed by atoms with van der Waals surface area (Å²) in [4.78, 5) is 48.5. The van der Waals surface area contributed by atoms with Gasteiger partial charge in [0.2, 0.25) is 0 Å². The number of hydrogen-bond acceptors (Lipinski definition) is 8. The molecule has 11 heteroatoms. The molecule has 0 aliphatic heterocycles. The fraction of sp³-hybridized carbons (Fsp3) is 0.238. The second kappa shape index (κ2) is 9.69. The van der Waals surface area contributed by atoms with Gasteiger partial charge < -0.3 is 18.6 Å². The molecule has 2 aromatic carbocycles. The van der Waals surface area contributed by atoms with Gasteiger partial charge in [-0.2, -0.15) is 0 Å². The predicted octanol–water partition coefficient (Wildman–Crippen LogP) is 1.18. The van der Waals surface area contributed by atoms with E-state index in [4.69, 9.17) is 18.6 Å². The van der Waals surface area contributed by atoms with Crippen LogP contribution in [0.4, 0.5) is 0 Å². The minimum absolute atomic E-state index is 0.208. The van der Waals surface area contributed by atoms with Crippen LogP contribution in [0.15, 0.2) is 51.7 Å². The number of ether oxygens (including phenoxy) is 3. The molecule has 0 aliphatic carbocycles. The van der Waals surface area contributed by atoms with Crippen molar-refractivity contribution in [1.82, 2.24) is 15.4 Å². The number of esters is 1. The maximum atomic E-state index is 12.3. The number of aromatic nitrogens is 1. The highest BCUT2D eigenvalue weighted by atomic mass is 16.5. The summed E-state index contributed by atoms with van der Waals surface area (Å²) < 4.78 is 21.4. The first-order valence-corrected chi connectivity index (χ1v) is 9.43. The number of rotatable bonds is 7. The molecule has 1 heterocycles. The molecule has 1 unspecified atom stereocenters. The van der Waals surface area contributed by atoms with E-state index in [1.807, 2.05) is 0 Å². The molecule has 32 heavy (non-hydrogen) atoms. The van der Waals surface area contributed by atoms with Gasteiger partial charge in [-0.05, 0) is 37.3 Å². The molecular formula is C21H21N3O8. The molecule has 0 saturated heterocycles. The number of nitrogens with zero attached hydrogens (tertiary/aromatic N) is 1. The molecule has 0 bridgehead atoms. The molecular weight excluding hydrogens is 422 g/mol. The number of para-hydroxylation sites is 2. The van der Waals surface area contributed by atoms with Crippen LogP contribution in [0.2, 0.25) is 0 Å². The number of fused-ring (bicyclic) bond motifs is 1. The Bertz CT molecular complexity index is 1210. The summed E-state index contributed by atoms with van der Waals surface area (Å²) in [5.41, 5.74) is 5.31. The van der Waals surface area contributed by atoms with Crippen LogP contribution in [0.3, 0.4) is 0 Å². The lowest BCUT2D eigenvalue weighted by molar-refractivity contribution is -0.151. The molecule has 1 aromatic heterocycles. The molecule has 0 fully saturated rings. The molecule has 1 atom stereocenters. The number of nitrogens with one attached hydrogen (secondary N) is 2. The van der Waals surface area contributed by atoms with Gasteiger partial charge in [-0.15, -0.1) is 0 Å². The Morgan fingerprint density at radius 3 is 2.47 bits per heavy atom. The summed E-state index contributed by atoms with van der Waals surface area (Å²) in [6, 6.07) is 10.0. The van der Waals surface area contributed by atoms with Crippen LogP contribution < -0.4 is 26.1 Å². The Hall–Kier alpha value is -4.28. The zero-order valence-electron chi connectivity index (χ0n) is 17.5. The molecule has 11 nitrogen and oxygen atoms in total. The van der Waals surface area contributed by atoms with Crippen molar-refractivity contribution in [3.63, 3.8) is 0 Å². The first-order chi connectivity index (χ1) is 15.3. The Balaban J connectivity index is 1.54. The molecule has 3 aromatic rings. The Morgan fingerprint density at radius 1 is 1.03 bits per heavy atom. The normalized spacial score (nSPS) is 11.5. The smallest absolute Gasteiger partial charge is 0.420 e. The van der Waals surface area contributed by atoms with Crippen LogP contribution in [0.1, 0.15) is 23.3 Å². The van der Waals surface area contributed by atoms with Crippen LogP contribution in [0.5, 0.6) is 11.5 Å². The van der Waals surface area contributed by atoms with Crippen LogP contribution in [0, 0.1) is 0 Å². The van der Waals surface area contributed by atoms with E-state index in [0.717, 1.165) is 4.57 Å². The highest BCUT2D eigenvalue weighted by molar-refractivity contribution is 5.96. The topological polar surface area (TPSA) is 138 Å². The second-order valence-corrected chi connectivity index (χ2v) is 6.56. The lowest BCUT2D eigenvalue weighted by Crippen LogP contribution is -2.44. The third-order valence-electron chi connectivity index (χ3n) is 4.55. The van der Waals surface area contributed by atoms with Gasteiger partial charge in [-0.25, -0.2) is 9.59 Å². The number of amides is 2. The maximum absolute atomic E-state index is 12.3. The van der Waals surface area contributed by atoms with Crippen molar-refractivity contribution in [2.24, 2.45) is 0 Å². The van der Waals surface area contributed by atoms with E-state index in [-0.39, 0.29) is 5.56 Å². The SMILES string of the molecule is COc1ccc(C(=O)NNC(=O)COC(=O)C(C)n2c(=O)oc3ccccc32)cc1OC. The molecule has 0 saturated carbocycles. The fourth-order valence-electron chi connectivity index (χ4n) is 2.93. The molecule has 2 amide bonds. The largest absolute Gasteiger partial charge is 0.493 e. The van der Waals surface area contributed by atoms with Crippen molar-refractivity contribution in [2.75, 3.05) is 20.8 Å². The quantitative estimate of drug-likeness (QED) is 0.410. The van der Waals surface area contributed by atoms with Crippen molar-refractivity contribution >= 4 is 28.9 Å². The zero-order valence-corrected chi connectivity index (χ0v) is 17.5. The Labute approximate surface area is 181 Å². The van der Waals surface area contributed by atoms with Crippen LogP contribution >= 0.6 is 0 Å². The molecule has 168 valence electrons. The molecule has 0 radical (unpaired) electrons. The fourth-order valence-corrected chi connectivity index (χ4v) is 2.93. The van der Waals surface area contributed by atoms with Crippen LogP contribution in [-0.2, 0) is 14.3 Å². The summed E-state index contributed by atoms with van der Waals surface area (Å²) in [6.45, 7) is 0.780. The summed E-state index contributed by atoms with van der Waals surface area (Å²) in [7, 11) is 2.89. The number of hydrazine groups is 1. The predicted molar refractivity (Wildman–Crippen MR) is 111 cm³/mol. The van der Waals surface area contributed by atoms with Gasteiger partial charge in [0.1, 0.15) is 6.04 Å². The van der Waals surface area contributed by atoms with Gasteiger partial charge in [0.25, 0.3) is 11.8 Å². The van der Waals surface area contributed by atoms with Crippen molar-refractivity contribution in [3.8, 4) is 11.5 Å². The third kappa shape index (κ3) is 4.72. The van der Waals surface area contributed by atoms with E-state index >= 15 is 0 Å². The van der Waals surface area contributed by atoms with E-state index in [2.05, 4.69) is 10.9 Å². The third-order valence-corrected chi connectivity index (χ3v) is 4.55. The number of carbonyl (C=O) groups is 3. The standard InChI is InChI=1S/C21H21N3O8/c1-12(24-14-6-4-5-7-15(14)32-21(24)28)20(27)31-11-18(25)22-23-19(26)13-8-9-16(29-2)17(10-13)30-3/h4-10,12H,11H2,1-3H3,(H,22,25)(H,23,26). The summed E-state index contributed by atoms with van der Waals surface area (Å²) in [6.07, 6.45) is 0. The molecule has 3 rings (SSSR count). The zero-order chi connectivity index (χ0) is 23.3.